The molecule has 0 atom stereocenters. The quantitative estimate of drug-likeness (QED) is 0.585. The number of nitro benzene ring substituents is 1. The van der Waals surface area contributed by atoms with Gasteiger partial charge in [0.25, 0.3) is 11.6 Å². The number of carbonyl (C=O) groups is 1. The van der Waals surface area contributed by atoms with Crippen LogP contribution >= 0.6 is 0 Å². The zero-order valence-corrected chi connectivity index (χ0v) is 11.1. The van der Waals surface area contributed by atoms with Gasteiger partial charge in [-0.05, 0) is 6.07 Å². The van der Waals surface area contributed by atoms with Gasteiger partial charge in [0.2, 0.25) is 0 Å². The maximum Gasteiger partial charge on any atom is 0.273 e. The van der Waals surface area contributed by atoms with Gasteiger partial charge in [-0.2, -0.15) is 0 Å². The molecule has 0 radical (unpaired) electrons. The SMILES string of the molecule is O=C(COc1cccc([N+](=O)[O-])c1)NCCc1cnc[nH]1. The van der Waals surface area contributed by atoms with Crippen molar-refractivity contribution in [2.24, 2.45) is 0 Å². The van der Waals surface area contributed by atoms with Gasteiger partial charge in [0.1, 0.15) is 5.75 Å². The molecule has 2 N–H and O–H groups in total. The Hall–Kier alpha value is -2.90. The Balaban J connectivity index is 1.73. The van der Waals surface area contributed by atoms with E-state index in [2.05, 4.69) is 15.3 Å². The van der Waals surface area contributed by atoms with E-state index in [1.807, 2.05) is 0 Å². The molecule has 0 aliphatic carbocycles. The Labute approximate surface area is 120 Å². The van der Waals surface area contributed by atoms with E-state index in [4.69, 9.17) is 4.74 Å². The van der Waals surface area contributed by atoms with Crippen LogP contribution in [0.1, 0.15) is 5.69 Å². The van der Waals surface area contributed by atoms with Gasteiger partial charge in [-0.1, -0.05) is 6.07 Å². The molecule has 110 valence electrons. The predicted octanol–water partition coefficient (Wildman–Crippen LogP) is 1.06. The second kappa shape index (κ2) is 7.04. The first kappa shape index (κ1) is 14.5. The number of H-pyrrole nitrogens is 1. The Bertz CT molecular complexity index is 612. The lowest BCUT2D eigenvalue weighted by molar-refractivity contribution is -0.384. The van der Waals surface area contributed by atoms with E-state index >= 15 is 0 Å². The van der Waals surface area contributed by atoms with Crippen molar-refractivity contribution in [2.45, 2.75) is 6.42 Å². The van der Waals surface area contributed by atoms with E-state index in [1.54, 1.807) is 18.6 Å². The second-order valence-electron chi connectivity index (χ2n) is 4.22. The van der Waals surface area contributed by atoms with Crippen molar-refractivity contribution in [1.29, 1.82) is 0 Å². The summed E-state index contributed by atoms with van der Waals surface area (Å²) in [5.41, 5.74) is 0.849. The predicted molar refractivity (Wildman–Crippen MR) is 73.9 cm³/mol. The first-order valence-corrected chi connectivity index (χ1v) is 6.26. The molecule has 0 saturated carbocycles. The van der Waals surface area contributed by atoms with Gasteiger partial charge in [-0.25, -0.2) is 4.98 Å². The topological polar surface area (TPSA) is 110 Å². The Kier molecular flexibility index (Phi) is 4.86. The molecule has 1 amide bonds. The van der Waals surface area contributed by atoms with Crippen LogP contribution in [0.25, 0.3) is 0 Å². The fourth-order valence-corrected chi connectivity index (χ4v) is 1.64. The zero-order chi connectivity index (χ0) is 15.1. The summed E-state index contributed by atoms with van der Waals surface area (Å²) in [6, 6.07) is 5.70. The molecule has 8 heteroatoms. The number of imidazole rings is 1. The number of rotatable bonds is 7. The molecule has 0 aliphatic rings. The van der Waals surface area contributed by atoms with Gasteiger partial charge in [0.05, 0.1) is 17.3 Å². The molecule has 0 spiro atoms. The molecule has 0 bridgehead atoms. The van der Waals surface area contributed by atoms with Crippen LogP contribution in [0.2, 0.25) is 0 Å². The van der Waals surface area contributed by atoms with Crippen molar-refractivity contribution in [2.75, 3.05) is 13.2 Å². The van der Waals surface area contributed by atoms with E-state index in [0.29, 0.717) is 13.0 Å². The number of hydrogen-bond acceptors (Lipinski definition) is 5. The maximum absolute atomic E-state index is 11.6. The summed E-state index contributed by atoms with van der Waals surface area (Å²) in [7, 11) is 0. The first-order valence-electron chi connectivity index (χ1n) is 6.26. The van der Waals surface area contributed by atoms with Crippen LogP contribution in [0.3, 0.4) is 0 Å². The molecule has 2 rings (SSSR count). The summed E-state index contributed by atoms with van der Waals surface area (Å²) < 4.78 is 5.21. The van der Waals surface area contributed by atoms with E-state index in [-0.39, 0.29) is 24.0 Å². The highest BCUT2D eigenvalue weighted by Gasteiger charge is 2.08. The van der Waals surface area contributed by atoms with E-state index in [0.717, 1.165) is 5.69 Å². The lowest BCUT2D eigenvalue weighted by Crippen LogP contribution is -2.30. The second-order valence-corrected chi connectivity index (χ2v) is 4.22. The zero-order valence-electron chi connectivity index (χ0n) is 11.1. The minimum Gasteiger partial charge on any atom is -0.484 e. The number of aromatic amines is 1. The normalized spacial score (nSPS) is 10.1. The third-order valence-electron chi connectivity index (χ3n) is 2.67. The summed E-state index contributed by atoms with van der Waals surface area (Å²) in [6.45, 7) is 0.267. The van der Waals surface area contributed by atoms with Gasteiger partial charge >= 0.3 is 0 Å². The molecule has 21 heavy (non-hydrogen) atoms. The lowest BCUT2D eigenvalue weighted by Gasteiger charge is -2.06. The molecule has 0 fully saturated rings. The fourth-order valence-electron chi connectivity index (χ4n) is 1.64. The Morgan fingerprint density at radius 3 is 3.05 bits per heavy atom. The number of aromatic nitrogens is 2. The monoisotopic (exact) mass is 290 g/mol. The van der Waals surface area contributed by atoms with Crippen LogP contribution in [0.5, 0.6) is 5.75 Å². The summed E-state index contributed by atoms with van der Waals surface area (Å²) in [6.07, 6.45) is 3.90. The molecule has 1 aromatic heterocycles. The smallest absolute Gasteiger partial charge is 0.273 e. The average molecular weight is 290 g/mol. The summed E-state index contributed by atoms with van der Waals surface area (Å²) in [5.74, 6) is -0.00561. The van der Waals surface area contributed by atoms with Crippen molar-refractivity contribution in [3.05, 3.63) is 52.6 Å². The van der Waals surface area contributed by atoms with Crippen molar-refractivity contribution >= 4 is 11.6 Å². The summed E-state index contributed by atoms with van der Waals surface area (Å²) in [5, 5.41) is 13.3. The van der Waals surface area contributed by atoms with Crippen molar-refractivity contribution in [3.63, 3.8) is 0 Å². The molecule has 1 aromatic carbocycles. The average Bonchev–Trinajstić information content (AvgIpc) is 2.99. The van der Waals surface area contributed by atoms with Crippen LogP contribution in [0.4, 0.5) is 5.69 Å². The number of carbonyl (C=O) groups excluding carboxylic acids is 1. The van der Waals surface area contributed by atoms with Crippen molar-refractivity contribution in [1.82, 2.24) is 15.3 Å². The molecular weight excluding hydrogens is 276 g/mol. The first-order chi connectivity index (χ1) is 10.1. The van der Waals surface area contributed by atoms with E-state index < -0.39 is 4.92 Å². The number of amides is 1. The van der Waals surface area contributed by atoms with E-state index in [1.165, 1.54) is 18.2 Å². The molecule has 1 heterocycles. The van der Waals surface area contributed by atoms with Gasteiger partial charge in [-0.15, -0.1) is 0 Å². The van der Waals surface area contributed by atoms with Crippen LogP contribution in [-0.4, -0.2) is 34.0 Å². The third-order valence-corrected chi connectivity index (χ3v) is 2.67. The van der Waals surface area contributed by atoms with Gasteiger partial charge in [0.15, 0.2) is 6.61 Å². The molecule has 0 saturated heterocycles. The lowest BCUT2D eigenvalue weighted by atomic mass is 10.3. The standard InChI is InChI=1S/C13H14N4O4/c18-13(15-5-4-10-7-14-9-16-10)8-21-12-3-1-2-11(6-12)17(19)20/h1-3,6-7,9H,4-5,8H2,(H,14,16)(H,15,18). The minimum absolute atomic E-state index is 0.0767. The minimum atomic E-state index is -0.517. The van der Waals surface area contributed by atoms with Crippen molar-refractivity contribution in [3.8, 4) is 5.75 Å². The number of ether oxygens (including phenoxy) is 1. The third kappa shape index (κ3) is 4.60. The number of non-ortho nitro benzene ring substituents is 1. The van der Waals surface area contributed by atoms with Crippen LogP contribution in [-0.2, 0) is 11.2 Å². The van der Waals surface area contributed by atoms with Crippen molar-refractivity contribution < 1.29 is 14.5 Å². The number of nitrogens with zero attached hydrogens (tertiary/aromatic N) is 2. The molecule has 8 nitrogen and oxygen atoms in total. The van der Waals surface area contributed by atoms with Crippen LogP contribution in [0.15, 0.2) is 36.8 Å². The number of nitro groups is 1. The molecule has 0 unspecified atom stereocenters. The highest BCUT2D eigenvalue weighted by molar-refractivity contribution is 5.77. The summed E-state index contributed by atoms with van der Waals surface area (Å²) in [4.78, 5) is 28.5. The summed E-state index contributed by atoms with van der Waals surface area (Å²) >= 11 is 0. The highest BCUT2D eigenvalue weighted by Crippen LogP contribution is 2.18. The Morgan fingerprint density at radius 2 is 2.33 bits per heavy atom. The number of benzene rings is 1. The number of hydrogen-bond donors (Lipinski definition) is 2. The van der Waals surface area contributed by atoms with Gasteiger partial charge < -0.3 is 15.0 Å². The van der Waals surface area contributed by atoms with Crippen LogP contribution < -0.4 is 10.1 Å². The van der Waals surface area contributed by atoms with Crippen LogP contribution in [0, 0.1) is 10.1 Å². The number of nitrogens with one attached hydrogen (secondary N) is 2. The molecule has 0 aliphatic heterocycles. The Morgan fingerprint density at radius 1 is 1.48 bits per heavy atom. The van der Waals surface area contributed by atoms with Gasteiger partial charge in [0, 0.05) is 30.9 Å². The molecule has 2 aromatic rings. The largest absolute Gasteiger partial charge is 0.484 e. The van der Waals surface area contributed by atoms with E-state index in [9.17, 15) is 14.9 Å². The maximum atomic E-state index is 11.6. The fraction of sp³-hybridized carbons (Fsp3) is 0.231. The highest BCUT2D eigenvalue weighted by atomic mass is 16.6. The molecular formula is C13H14N4O4. The van der Waals surface area contributed by atoms with Gasteiger partial charge in [-0.3, -0.25) is 14.9 Å².